The van der Waals surface area contributed by atoms with Gasteiger partial charge in [-0.05, 0) is 19.9 Å². The lowest BCUT2D eigenvalue weighted by molar-refractivity contribution is 0.186. The lowest BCUT2D eigenvalue weighted by Gasteiger charge is -2.21. The third kappa shape index (κ3) is 5.02. The van der Waals surface area contributed by atoms with Crippen LogP contribution in [0.5, 0.6) is 5.75 Å². The minimum absolute atomic E-state index is 0.187. The minimum Gasteiger partial charge on any atom is -0.497 e. The summed E-state index contributed by atoms with van der Waals surface area (Å²) in [5, 5.41) is 9.08. The summed E-state index contributed by atoms with van der Waals surface area (Å²) in [6, 6.07) is 3.88. The zero-order valence-electron chi connectivity index (χ0n) is 11.6. The van der Waals surface area contributed by atoms with Gasteiger partial charge >= 0.3 is 0 Å². The maximum atomic E-state index is 9.08. The Morgan fingerprint density at radius 3 is 2.72 bits per heavy atom. The van der Waals surface area contributed by atoms with Crippen LogP contribution in [0.2, 0.25) is 0 Å². The number of ether oxygens (including phenoxy) is 1. The summed E-state index contributed by atoms with van der Waals surface area (Å²) >= 11 is 0. The molecule has 0 aromatic carbocycles. The fourth-order valence-corrected chi connectivity index (χ4v) is 1.92. The molecule has 0 aliphatic heterocycles. The van der Waals surface area contributed by atoms with Crippen molar-refractivity contribution in [2.45, 2.75) is 33.2 Å². The van der Waals surface area contributed by atoms with Crippen LogP contribution in [-0.2, 0) is 6.54 Å². The number of methoxy groups -OCH3 is 1. The number of hydrogen-bond donors (Lipinski definition) is 1. The van der Waals surface area contributed by atoms with E-state index in [0.717, 1.165) is 43.1 Å². The fourth-order valence-electron chi connectivity index (χ4n) is 1.92. The van der Waals surface area contributed by atoms with Gasteiger partial charge in [0, 0.05) is 30.9 Å². The Morgan fingerprint density at radius 1 is 1.33 bits per heavy atom. The molecule has 1 heterocycles. The Balaban J connectivity index is 2.69. The first-order chi connectivity index (χ1) is 8.69. The van der Waals surface area contributed by atoms with Gasteiger partial charge in [0.2, 0.25) is 0 Å². The van der Waals surface area contributed by atoms with Crippen LogP contribution in [0.15, 0.2) is 12.1 Å². The normalized spacial score (nSPS) is 10.9. The van der Waals surface area contributed by atoms with E-state index < -0.39 is 0 Å². The van der Waals surface area contributed by atoms with Crippen molar-refractivity contribution < 1.29 is 9.84 Å². The Morgan fingerprint density at radius 2 is 2.11 bits per heavy atom. The lowest BCUT2D eigenvalue weighted by Crippen LogP contribution is -2.28. The highest BCUT2D eigenvalue weighted by atomic mass is 16.5. The van der Waals surface area contributed by atoms with Gasteiger partial charge in [0.1, 0.15) is 5.75 Å². The van der Waals surface area contributed by atoms with Gasteiger partial charge < -0.3 is 9.84 Å². The molecule has 1 N–H and O–H groups in total. The van der Waals surface area contributed by atoms with Crippen molar-refractivity contribution in [3.63, 3.8) is 0 Å². The molecular formula is C14H24N2O2. The third-order valence-electron chi connectivity index (χ3n) is 2.85. The zero-order valence-corrected chi connectivity index (χ0v) is 11.6. The molecule has 0 saturated carbocycles. The van der Waals surface area contributed by atoms with Gasteiger partial charge in [-0.3, -0.25) is 9.88 Å². The van der Waals surface area contributed by atoms with Crippen LogP contribution in [-0.4, -0.2) is 41.8 Å². The average Bonchev–Trinajstić information content (AvgIpc) is 2.35. The molecular weight excluding hydrogens is 228 g/mol. The van der Waals surface area contributed by atoms with E-state index in [1.54, 1.807) is 7.11 Å². The monoisotopic (exact) mass is 252 g/mol. The highest BCUT2D eigenvalue weighted by Gasteiger charge is 2.07. The van der Waals surface area contributed by atoms with Crippen LogP contribution < -0.4 is 4.74 Å². The summed E-state index contributed by atoms with van der Waals surface area (Å²) < 4.78 is 5.25. The molecule has 0 atom stereocenters. The first-order valence-electron chi connectivity index (χ1n) is 6.54. The van der Waals surface area contributed by atoms with Crippen LogP contribution >= 0.6 is 0 Å². The molecule has 18 heavy (non-hydrogen) atoms. The van der Waals surface area contributed by atoms with E-state index in [1.165, 1.54) is 0 Å². The van der Waals surface area contributed by atoms with Gasteiger partial charge in [0.15, 0.2) is 0 Å². The molecule has 0 spiro atoms. The third-order valence-corrected chi connectivity index (χ3v) is 2.85. The van der Waals surface area contributed by atoms with E-state index in [1.807, 2.05) is 19.1 Å². The molecule has 4 heteroatoms. The fraction of sp³-hybridized carbons (Fsp3) is 0.643. The second-order valence-electron chi connectivity index (χ2n) is 4.49. The van der Waals surface area contributed by atoms with E-state index in [0.29, 0.717) is 6.54 Å². The number of pyridine rings is 1. The van der Waals surface area contributed by atoms with Gasteiger partial charge in [-0.15, -0.1) is 0 Å². The summed E-state index contributed by atoms with van der Waals surface area (Å²) in [5.41, 5.74) is 1.96. The first-order valence-corrected chi connectivity index (χ1v) is 6.54. The molecule has 4 nitrogen and oxygen atoms in total. The molecule has 0 amide bonds. The maximum Gasteiger partial charge on any atom is 0.122 e. The average molecular weight is 252 g/mol. The van der Waals surface area contributed by atoms with Crippen molar-refractivity contribution in [1.82, 2.24) is 9.88 Å². The SMILES string of the molecule is CCCCN(CCO)Cc1cc(OC)cc(C)n1. The highest BCUT2D eigenvalue weighted by molar-refractivity contribution is 5.26. The van der Waals surface area contributed by atoms with Crippen LogP contribution in [0.4, 0.5) is 0 Å². The van der Waals surface area contributed by atoms with Gasteiger partial charge in [-0.25, -0.2) is 0 Å². The molecule has 0 bridgehead atoms. The molecule has 1 aromatic heterocycles. The van der Waals surface area contributed by atoms with Crippen molar-refractivity contribution in [1.29, 1.82) is 0 Å². The molecule has 0 radical (unpaired) electrons. The maximum absolute atomic E-state index is 9.08. The van der Waals surface area contributed by atoms with Crippen molar-refractivity contribution in [2.75, 3.05) is 26.8 Å². The number of unbranched alkanes of at least 4 members (excludes halogenated alkanes) is 1. The Bertz CT molecular complexity index is 356. The van der Waals surface area contributed by atoms with Crippen molar-refractivity contribution in [2.24, 2.45) is 0 Å². The first kappa shape index (κ1) is 14.9. The van der Waals surface area contributed by atoms with Gasteiger partial charge in [0.25, 0.3) is 0 Å². The van der Waals surface area contributed by atoms with Gasteiger partial charge in [0.05, 0.1) is 19.4 Å². The number of aromatic nitrogens is 1. The second kappa shape index (κ2) is 8.06. The molecule has 0 unspecified atom stereocenters. The molecule has 1 aromatic rings. The Labute approximate surface area is 110 Å². The number of rotatable bonds is 8. The van der Waals surface area contributed by atoms with Gasteiger partial charge in [-0.2, -0.15) is 0 Å². The summed E-state index contributed by atoms with van der Waals surface area (Å²) in [4.78, 5) is 6.74. The van der Waals surface area contributed by atoms with Gasteiger partial charge in [-0.1, -0.05) is 13.3 Å². The lowest BCUT2D eigenvalue weighted by atomic mass is 10.2. The van der Waals surface area contributed by atoms with Crippen molar-refractivity contribution in [3.8, 4) is 5.75 Å². The second-order valence-corrected chi connectivity index (χ2v) is 4.49. The van der Waals surface area contributed by atoms with Crippen LogP contribution in [0.3, 0.4) is 0 Å². The van der Waals surface area contributed by atoms with E-state index in [2.05, 4.69) is 16.8 Å². The summed E-state index contributed by atoms with van der Waals surface area (Å²) in [6.45, 7) is 6.78. The van der Waals surface area contributed by atoms with Crippen molar-refractivity contribution in [3.05, 3.63) is 23.5 Å². The molecule has 0 aliphatic carbocycles. The highest BCUT2D eigenvalue weighted by Crippen LogP contribution is 2.15. The zero-order chi connectivity index (χ0) is 13.4. The number of hydrogen-bond acceptors (Lipinski definition) is 4. The molecule has 102 valence electrons. The number of aliphatic hydroxyl groups excluding tert-OH is 1. The Hall–Kier alpha value is -1.13. The summed E-state index contributed by atoms with van der Waals surface area (Å²) in [6.07, 6.45) is 2.30. The molecule has 0 aliphatic rings. The van der Waals surface area contributed by atoms with Crippen molar-refractivity contribution >= 4 is 0 Å². The topological polar surface area (TPSA) is 45.6 Å². The van der Waals surface area contributed by atoms with E-state index in [4.69, 9.17) is 9.84 Å². The number of aryl methyl sites for hydroxylation is 1. The molecule has 0 saturated heterocycles. The summed E-state index contributed by atoms with van der Waals surface area (Å²) in [7, 11) is 1.67. The van der Waals surface area contributed by atoms with E-state index in [9.17, 15) is 0 Å². The number of nitrogens with zero attached hydrogens (tertiary/aromatic N) is 2. The van der Waals surface area contributed by atoms with Crippen LogP contribution in [0, 0.1) is 6.92 Å². The predicted molar refractivity (Wildman–Crippen MR) is 72.8 cm³/mol. The Kier molecular flexibility index (Phi) is 6.68. The standard InChI is InChI=1S/C14H24N2O2/c1-4-5-6-16(7-8-17)11-13-10-14(18-3)9-12(2)15-13/h9-10,17H,4-8,11H2,1-3H3. The van der Waals surface area contributed by atoms with E-state index >= 15 is 0 Å². The molecule has 0 fully saturated rings. The minimum atomic E-state index is 0.187. The van der Waals surface area contributed by atoms with E-state index in [-0.39, 0.29) is 6.61 Å². The smallest absolute Gasteiger partial charge is 0.122 e. The number of aliphatic hydroxyl groups is 1. The molecule has 1 rings (SSSR count). The van der Waals surface area contributed by atoms with Crippen LogP contribution in [0.1, 0.15) is 31.2 Å². The predicted octanol–water partition coefficient (Wildman–Crippen LogP) is 1.99. The van der Waals surface area contributed by atoms with Crippen LogP contribution in [0.25, 0.3) is 0 Å². The largest absolute Gasteiger partial charge is 0.497 e. The summed E-state index contributed by atoms with van der Waals surface area (Å²) in [5.74, 6) is 0.844. The quantitative estimate of drug-likeness (QED) is 0.768.